The molecule has 0 saturated carbocycles. The van der Waals surface area contributed by atoms with E-state index in [4.69, 9.17) is 23.2 Å². The third kappa shape index (κ3) is 3.42. The lowest BCUT2D eigenvalue weighted by atomic mass is 10.2. The van der Waals surface area contributed by atoms with Crippen LogP contribution in [0.1, 0.15) is 5.56 Å². The predicted molar refractivity (Wildman–Crippen MR) is 77.0 cm³/mol. The molecular formula is C13H16Cl2N3O2+. The van der Waals surface area contributed by atoms with E-state index in [0.29, 0.717) is 29.7 Å². The van der Waals surface area contributed by atoms with Crippen molar-refractivity contribution in [1.29, 1.82) is 0 Å². The highest BCUT2D eigenvalue weighted by atomic mass is 35.5. The van der Waals surface area contributed by atoms with Gasteiger partial charge in [0.05, 0.1) is 17.1 Å². The zero-order valence-corrected chi connectivity index (χ0v) is 12.6. The maximum absolute atomic E-state index is 12.0. The first kappa shape index (κ1) is 15.1. The van der Waals surface area contributed by atoms with Crippen LogP contribution in [0.15, 0.2) is 18.2 Å². The minimum Gasteiger partial charge on any atom is -0.336 e. The first-order chi connectivity index (χ1) is 9.49. The van der Waals surface area contributed by atoms with Gasteiger partial charge in [-0.15, -0.1) is 0 Å². The van der Waals surface area contributed by atoms with E-state index in [1.165, 1.54) is 4.90 Å². The average Bonchev–Trinajstić information content (AvgIpc) is 2.81. The molecule has 1 fully saturated rings. The van der Waals surface area contributed by atoms with Crippen molar-refractivity contribution in [3.05, 3.63) is 33.8 Å². The molecule has 7 heteroatoms. The number of imide groups is 1. The maximum atomic E-state index is 12.0. The molecule has 108 valence electrons. The fraction of sp³-hybridized carbons (Fsp3) is 0.385. The van der Waals surface area contributed by atoms with Gasteiger partial charge in [0.25, 0.3) is 5.91 Å². The van der Waals surface area contributed by atoms with E-state index in [1.54, 1.807) is 6.07 Å². The highest BCUT2D eigenvalue weighted by Crippen LogP contribution is 2.24. The van der Waals surface area contributed by atoms with Crippen LogP contribution in [0, 0.1) is 0 Å². The molecule has 1 atom stereocenters. The van der Waals surface area contributed by atoms with Crippen molar-refractivity contribution in [2.24, 2.45) is 0 Å². The van der Waals surface area contributed by atoms with E-state index in [9.17, 15) is 9.59 Å². The van der Waals surface area contributed by atoms with Crippen molar-refractivity contribution in [3.8, 4) is 0 Å². The fourth-order valence-corrected chi connectivity index (χ4v) is 2.52. The first-order valence-corrected chi connectivity index (χ1v) is 7.07. The number of halogens is 2. The van der Waals surface area contributed by atoms with Crippen molar-refractivity contribution in [3.63, 3.8) is 0 Å². The molecule has 0 aliphatic carbocycles. The number of nitrogens with one attached hydrogen (secondary N) is 2. The molecule has 0 radical (unpaired) electrons. The van der Waals surface area contributed by atoms with Crippen molar-refractivity contribution < 1.29 is 14.5 Å². The second kappa shape index (κ2) is 6.43. The van der Waals surface area contributed by atoms with Gasteiger partial charge in [-0.2, -0.15) is 0 Å². The summed E-state index contributed by atoms with van der Waals surface area (Å²) in [6.45, 7) is 1.75. The molecule has 2 N–H and O–H groups in total. The quantitative estimate of drug-likeness (QED) is 0.853. The standard InChI is InChI=1S/C13H15Cl2N3O2/c1-17(7-9-3-2-4-10(14)12(9)15)8-11(19)18-6-5-16-13(18)20/h2-4H,5-8H2,1H3,(H,16,20)/p+1. The highest BCUT2D eigenvalue weighted by Gasteiger charge is 2.28. The molecule has 1 unspecified atom stereocenters. The van der Waals surface area contributed by atoms with Crippen LogP contribution >= 0.6 is 23.2 Å². The summed E-state index contributed by atoms with van der Waals surface area (Å²) < 4.78 is 0. The molecule has 2 rings (SSSR count). The average molecular weight is 317 g/mol. The van der Waals surface area contributed by atoms with Crippen molar-refractivity contribution in [2.45, 2.75) is 6.54 Å². The topological polar surface area (TPSA) is 53.9 Å². The van der Waals surface area contributed by atoms with Gasteiger partial charge in [0, 0.05) is 18.7 Å². The van der Waals surface area contributed by atoms with E-state index in [2.05, 4.69) is 5.32 Å². The van der Waals surface area contributed by atoms with Gasteiger partial charge in [-0.3, -0.25) is 9.69 Å². The lowest BCUT2D eigenvalue weighted by molar-refractivity contribution is -0.885. The molecule has 20 heavy (non-hydrogen) atoms. The molecule has 1 heterocycles. The van der Waals surface area contributed by atoms with Gasteiger partial charge in [-0.25, -0.2) is 4.79 Å². The third-order valence-corrected chi connectivity index (χ3v) is 3.99. The van der Waals surface area contributed by atoms with Crippen LogP contribution in [0.5, 0.6) is 0 Å². The summed E-state index contributed by atoms with van der Waals surface area (Å²) in [7, 11) is 1.88. The first-order valence-electron chi connectivity index (χ1n) is 6.31. The summed E-state index contributed by atoms with van der Waals surface area (Å²) in [5, 5.41) is 3.62. The van der Waals surface area contributed by atoms with Crippen LogP contribution in [-0.4, -0.2) is 43.5 Å². The molecule has 1 aliphatic rings. The van der Waals surface area contributed by atoms with E-state index in [0.717, 1.165) is 10.5 Å². The fourth-order valence-electron chi connectivity index (χ4n) is 2.14. The summed E-state index contributed by atoms with van der Waals surface area (Å²) in [6.07, 6.45) is 0. The molecule has 5 nitrogen and oxygen atoms in total. The molecular weight excluding hydrogens is 301 g/mol. The van der Waals surface area contributed by atoms with Gasteiger partial charge in [0.15, 0.2) is 6.54 Å². The number of quaternary nitrogens is 1. The van der Waals surface area contributed by atoms with E-state index >= 15 is 0 Å². The molecule has 0 bridgehead atoms. The van der Waals surface area contributed by atoms with Crippen LogP contribution in [0.4, 0.5) is 4.79 Å². The maximum Gasteiger partial charge on any atom is 0.324 e. The Morgan fingerprint density at radius 2 is 2.20 bits per heavy atom. The van der Waals surface area contributed by atoms with E-state index in [-0.39, 0.29) is 18.5 Å². The molecule has 0 aromatic heterocycles. The number of urea groups is 1. The molecule has 3 amide bonds. The number of carbonyl (C=O) groups is 2. The van der Waals surface area contributed by atoms with Crippen molar-refractivity contribution >= 4 is 35.1 Å². The number of benzene rings is 1. The Labute approximate surface area is 127 Å². The van der Waals surface area contributed by atoms with Gasteiger partial charge in [0.1, 0.15) is 6.54 Å². The molecule has 1 aromatic rings. The van der Waals surface area contributed by atoms with Gasteiger partial charge in [-0.05, 0) is 6.07 Å². The smallest absolute Gasteiger partial charge is 0.324 e. The lowest BCUT2D eigenvalue weighted by Gasteiger charge is -2.17. The second-order valence-corrected chi connectivity index (χ2v) is 5.59. The van der Waals surface area contributed by atoms with Crippen LogP contribution in [-0.2, 0) is 11.3 Å². The Hall–Kier alpha value is -1.30. The minimum atomic E-state index is -0.316. The SMILES string of the molecule is C[NH+](CC(=O)N1CCNC1=O)Cc1cccc(Cl)c1Cl. The minimum absolute atomic E-state index is 0.185. The largest absolute Gasteiger partial charge is 0.336 e. The summed E-state index contributed by atoms with van der Waals surface area (Å²) in [5.41, 5.74) is 0.885. The van der Waals surface area contributed by atoms with Gasteiger partial charge < -0.3 is 10.2 Å². The Bertz CT molecular complexity index is 536. The predicted octanol–water partition coefficient (Wildman–Crippen LogP) is 0.560. The zero-order chi connectivity index (χ0) is 14.7. The van der Waals surface area contributed by atoms with Crippen LogP contribution < -0.4 is 10.2 Å². The highest BCUT2D eigenvalue weighted by molar-refractivity contribution is 6.42. The lowest BCUT2D eigenvalue weighted by Crippen LogP contribution is -3.08. The van der Waals surface area contributed by atoms with Crippen molar-refractivity contribution in [2.75, 3.05) is 26.7 Å². The number of rotatable bonds is 4. The Morgan fingerprint density at radius 3 is 2.85 bits per heavy atom. The third-order valence-electron chi connectivity index (χ3n) is 3.13. The number of nitrogens with zero attached hydrogens (tertiary/aromatic N) is 1. The molecule has 0 spiro atoms. The van der Waals surface area contributed by atoms with Crippen LogP contribution in [0.25, 0.3) is 0 Å². The van der Waals surface area contributed by atoms with Gasteiger partial charge >= 0.3 is 6.03 Å². The number of hydrogen-bond donors (Lipinski definition) is 2. The molecule has 1 aliphatic heterocycles. The van der Waals surface area contributed by atoms with Crippen molar-refractivity contribution in [1.82, 2.24) is 10.2 Å². The van der Waals surface area contributed by atoms with Gasteiger partial charge in [-0.1, -0.05) is 35.3 Å². The monoisotopic (exact) mass is 316 g/mol. The molecule has 1 aromatic carbocycles. The Kier molecular flexibility index (Phi) is 4.86. The number of carbonyl (C=O) groups excluding carboxylic acids is 2. The Morgan fingerprint density at radius 1 is 1.45 bits per heavy atom. The second-order valence-electron chi connectivity index (χ2n) is 4.80. The summed E-state index contributed by atoms with van der Waals surface area (Å²) in [6, 6.07) is 5.11. The number of hydrogen-bond acceptors (Lipinski definition) is 2. The van der Waals surface area contributed by atoms with Crippen LogP contribution in [0.3, 0.4) is 0 Å². The number of amides is 3. The zero-order valence-electron chi connectivity index (χ0n) is 11.1. The normalized spacial score (nSPS) is 16.1. The summed E-state index contributed by atoms with van der Waals surface area (Å²) in [5.74, 6) is -0.185. The number of likely N-dealkylation sites (N-methyl/N-ethyl adjacent to an activating group) is 1. The van der Waals surface area contributed by atoms with E-state index in [1.807, 2.05) is 19.2 Å². The van der Waals surface area contributed by atoms with Gasteiger partial charge in [0.2, 0.25) is 0 Å². The summed E-state index contributed by atoms with van der Waals surface area (Å²) >= 11 is 12.1. The van der Waals surface area contributed by atoms with E-state index < -0.39 is 0 Å². The van der Waals surface area contributed by atoms with Crippen LogP contribution in [0.2, 0.25) is 10.0 Å². The molecule has 1 saturated heterocycles. The Balaban J connectivity index is 1.95. The summed E-state index contributed by atoms with van der Waals surface area (Å²) in [4.78, 5) is 25.6.